The maximum atomic E-state index is 5.32. The van der Waals surface area contributed by atoms with Gasteiger partial charge in [0.15, 0.2) is 0 Å². The van der Waals surface area contributed by atoms with Gasteiger partial charge in [0.1, 0.15) is 11.4 Å². The van der Waals surface area contributed by atoms with Crippen molar-refractivity contribution < 1.29 is 9.47 Å². The van der Waals surface area contributed by atoms with Gasteiger partial charge in [0.05, 0.1) is 26.0 Å². The molecule has 0 aromatic carbocycles. The van der Waals surface area contributed by atoms with Gasteiger partial charge in [-0.2, -0.15) is 0 Å². The SMILES string of the molecule is CNC(c1ccc(OC)nn1)c1ncccc1OC. The molecule has 0 saturated heterocycles. The fourth-order valence-corrected chi connectivity index (χ4v) is 1.81. The van der Waals surface area contributed by atoms with Gasteiger partial charge in [0.25, 0.3) is 0 Å². The van der Waals surface area contributed by atoms with Gasteiger partial charge in [-0.1, -0.05) is 0 Å². The molecule has 2 rings (SSSR count). The molecule has 0 amide bonds. The molecule has 2 aromatic rings. The Morgan fingerprint density at radius 1 is 1.11 bits per heavy atom. The van der Waals surface area contributed by atoms with Crippen molar-refractivity contribution in [2.45, 2.75) is 6.04 Å². The Labute approximate surface area is 111 Å². The lowest BCUT2D eigenvalue weighted by Gasteiger charge is -2.17. The molecule has 0 radical (unpaired) electrons. The van der Waals surface area contributed by atoms with E-state index >= 15 is 0 Å². The van der Waals surface area contributed by atoms with Crippen LogP contribution >= 0.6 is 0 Å². The van der Waals surface area contributed by atoms with Crippen molar-refractivity contribution in [2.24, 2.45) is 0 Å². The highest BCUT2D eigenvalue weighted by atomic mass is 16.5. The average Bonchev–Trinajstić information content (AvgIpc) is 2.49. The summed E-state index contributed by atoms with van der Waals surface area (Å²) in [6.45, 7) is 0. The van der Waals surface area contributed by atoms with Gasteiger partial charge in [-0.25, -0.2) is 0 Å². The van der Waals surface area contributed by atoms with Crippen LogP contribution in [0.15, 0.2) is 30.5 Å². The molecular weight excluding hydrogens is 244 g/mol. The summed E-state index contributed by atoms with van der Waals surface area (Å²) in [4.78, 5) is 4.35. The predicted octanol–water partition coefficient (Wildman–Crippen LogP) is 1.20. The summed E-state index contributed by atoms with van der Waals surface area (Å²) in [6, 6.07) is 7.12. The molecule has 2 aromatic heterocycles. The average molecular weight is 260 g/mol. The summed E-state index contributed by atoms with van der Waals surface area (Å²) in [6.07, 6.45) is 1.72. The number of aromatic nitrogens is 3. The summed E-state index contributed by atoms with van der Waals surface area (Å²) in [5.74, 6) is 1.19. The first-order valence-electron chi connectivity index (χ1n) is 5.84. The molecule has 0 fully saturated rings. The molecule has 0 saturated carbocycles. The van der Waals surface area contributed by atoms with Gasteiger partial charge in [0.2, 0.25) is 5.88 Å². The van der Waals surface area contributed by atoms with Crippen LogP contribution in [0, 0.1) is 0 Å². The summed E-state index contributed by atoms with van der Waals surface area (Å²) in [5, 5.41) is 11.3. The van der Waals surface area contributed by atoms with Crippen molar-refractivity contribution in [3.8, 4) is 11.6 Å². The Morgan fingerprint density at radius 3 is 2.53 bits per heavy atom. The number of hydrogen-bond donors (Lipinski definition) is 1. The zero-order chi connectivity index (χ0) is 13.7. The molecule has 100 valence electrons. The molecule has 0 aliphatic rings. The van der Waals surface area contributed by atoms with Gasteiger partial charge in [-0.15, -0.1) is 10.2 Å². The minimum Gasteiger partial charge on any atom is -0.495 e. The zero-order valence-electron chi connectivity index (χ0n) is 11.1. The number of nitrogens with one attached hydrogen (secondary N) is 1. The number of nitrogens with zero attached hydrogens (tertiary/aromatic N) is 3. The largest absolute Gasteiger partial charge is 0.495 e. The second-order valence-corrected chi connectivity index (χ2v) is 3.81. The summed E-state index contributed by atoms with van der Waals surface area (Å²) < 4.78 is 10.3. The van der Waals surface area contributed by atoms with E-state index in [2.05, 4.69) is 20.5 Å². The van der Waals surface area contributed by atoms with E-state index in [0.29, 0.717) is 11.6 Å². The molecule has 1 N–H and O–H groups in total. The van der Waals surface area contributed by atoms with E-state index in [1.807, 2.05) is 25.2 Å². The second kappa shape index (κ2) is 6.10. The highest BCUT2D eigenvalue weighted by molar-refractivity contribution is 5.34. The molecular formula is C13H16N4O2. The summed E-state index contributed by atoms with van der Waals surface area (Å²) in [5.41, 5.74) is 1.52. The number of ether oxygens (including phenoxy) is 2. The maximum absolute atomic E-state index is 5.32. The van der Waals surface area contributed by atoms with Crippen molar-refractivity contribution in [1.82, 2.24) is 20.5 Å². The predicted molar refractivity (Wildman–Crippen MR) is 70.3 cm³/mol. The third-order valence-electron chi connectivity index (χ3n) is 2.75. The van der Waals surface area contributed by atoms with Crippen LogP contribution in [0.3, 0.4) is 0 Å². The Hall–Kier alpha value is -2.21. The van der Waals surface area contributed by atoms with E-state index < -0.39 is 0 Å². The second-order valence-electron chi connectivity index (χ2n) is 3.81. The van der Waals surface area contributed by atoms with Crippen LogP contribution in [0.5, 0.6) is 11.6 Å². The van der Waals surface area contributed by atoms with Crippen LogP contribution in [-0.2, 0) is 0 Å². The quantitative estimate of drug-likeness (QED) is 0.871. The standard InChI is InChI=1S/C13H16N4O2/c1-14-12(9-6-7-11(19-3)17-16-9)13-10(18-2)5-4-8-15-13/h4-8,12,14H,1-3H3. The first-order chi connectivity index (χ1) is 9.30. The first-order valence-corrected chi connectivity index (χ1v) is 5.84. The molecule has 1 atom stereocenters. The fraction of sp³-hybridized carbons (Fsp3) is 0.308. The number of methoxy groups -OCH3 is 2. The lowest BCUT2D eigenvalue weighted by Crippen LogP contribution is -2.21. The van der Waals surface area contributed by atoms with Crippen molar-refractivity contribution in [3.63, 3.8) is 0 Å². The van der Waals surface area contributed by atoms with E-state index in [1.54, 1.807) is 26.5 Å². The van der Waals surface area contributed by atoms with Gasteiger partial charge >= 0.3 is 0 Å². The highest BCUT2D eigenvalue weighted by Crippen LogP contribution is 2.26. The Bertz CT molecular complexity index is 530. The summed E-state index contributed by atoms with van der Waals surface area (Å²) in [7, 11) is 5.01. The molecule has 19 heavy (non-hydrogen) atoms. The normalized spacial score (nSPS) is 11.9. The van der Waals surface area contributed by atoms with Gasteiger partial charge < -0.3 is 14.8 Å². The molecule has 1 unspecified atom stereocenters. The smallest absolute Gasteiger partial charge is 0.233 e. The molecule has 0 aliphatic heterocycles. The zero-order valence-corrected chi connectivity index (χ0v) is 11.1. The minimum absolute atomic E-state index is 0.186. The van der Waals surface area contributed by atoms with E-state index in [0.717, 1.165) is 11.4 Å². The van der Waals surface area contributed by atoms with Crippen LogP contribution in [0.1, 0.15) is 17.4 Å². The van der Waals surface area contributed by atoms with E-state index in [-0.39, 0.29) is 6.04 Å². The molecule has 0 aliphatic carbocycles. The molecule has 6 nitrogen and oxygen atoms in total. The Balaban J connectivity index is 2.37. The van der Waals surface area contributed by atoms with Crippen molar-refractivity contribution >= 4 is 0 Å². The fourth-order valence-electron chi connectivity index (χ4n) is 1.81. The van der Waals surface area contributed by atoms with Crippen molar-refractivity contribution in [2.75, 3.05) is 21.3 Å². The lowest BCUT2D eigenvalue weighted by molar-refractivity contribution is 0.388. The first kappa shape index (κ1) is 13.2. The molecule has 0 bridgehead atoms. The topological polar surface area (TPSA) is 69.2 Å². The van der Waals surface area contributed by atoms with E-state index in [1.165, 1.54) is 0 Å². The highest BCUT2D eigenvalue weighted by Gasteiger charge is 2.19. The van der Waals surface area contributed by atoms with Crippen molar-refractivity contribution in [3.05, 3.63) is 41.9 Å². The van der Waals surface area contributed by atoms with Gasteiger partial charge in [-0.3, -0.25) is 4.98 Å². The third-order valence-corrected chi connectivity index (χ3v) is 2.75. The van der Waals surface area contributed by atoms with Gasteiger partial charge in [-0.05, 0) is 25.2 Å². The Morgan fingerprint density at radius 2 is 1.95 bits per heavy atom. The van der Waals surface area contributed by atoms with Crippen LogP contribution in [-0.4, -0.2) is 36.4 Å². The molecule has 2 heterocycles. The maximum Gasteiger partial charge on any atom is 0.233 e. The minimum atomic E-state index is -0.186. The summed E-state index contributed by atoms with van der Waals surface area (Å²) >= 11 is 0. The number of pyridine rings is 1. The molecule has 6 heteroatoms. The van der Waals surface area contributed by atoms with E-state index in [4.69, 9.17) is 9.47 Å². The van der Waals surface area contributed by atoms with Crippen molar-refractivity contribution in [1.29, 1.82) is 0 Å². The number of rotatable bonds is 5. The Kier molecular flexibility index (Phi) is 4.25. The third kappa shape index (κ3) is 2.79. The van der Waals surface area contributed by atoms with Crippen LogP contribution in [0.25, 0.3) is 0 Å². The lowest BCUT2D eigenvalue weighted by atomic mass is 10.1. The monoisotopic (exact) mass is 260 g/mol. The van der Waals surface area contributed by atoms with Crippen LogP contribution in [0.4, 0.5) is 0 Å². The number of hydrogen-bond acceptors (Lipinski definition) is 6. The van der Waals surface area contributed by atoms with E-state index in [9.17, 15) is 0 Å². The molecule has 0 spiro atoms. The van der Waals surface area contributed by atoms with Crippen LogP contribution in [0.2, 0.25) is 0 Å². The van der Waals surface area contributed by atoms with Gasteiger partial charge in [0, 0.05) is 12.3 Å². The van der Waals surface area contributed by atoms with Crippen LogP contribution < -0.4 is 14.8 Å².